The molecule has 8 heteroatoms. The fraction of sp³-hybridized carbons (Fsp3) is 0.571. The first kappa shape index (κ1) is 15.2. The maximum Gasteiger partial charge on any atom is 0.184 e. The average molecular weight is 309 g/mol. The molecule has 2 aliphatic heterocycles. The Kier molecular flexibility index (Phi) is 4.58. The second-order valence-corrected chi connectivity index (χ2v) is 5.14. The van der Waals surface area contributed by atoms with Crippen LogP contribution >= 0.6 is 0 Å². The number of aliphatic hydroxyl groups is 1. The molecule has 8 nitrogen and oxygen atoms in total. The van der Waals surface area contributed by atoms with Crippen LogP contribution < -0.4 is 0 Å². The van der Waals surface area contributed by atoms with Gasteiger partial charge in [0.05, 0.1) is 12.7 Å². The minimum atomic E-state index is -1.03. The predicted octanol–water partition coefficient (Wildman–Crippen LogP) is 1.51. The van der Waals surface area contributed by atoms with E-state index in [0.717, 1.165) is 5.56 Å². The van der Waals surface area contributed by atoms with Crippen LogP contribution in [-0.4, -0.2) is 49.5 Å². The second kappa shape index (κ2) is 6.62. The van der Waals surface area contributed by atoms with Gasteiger partial charge in [-0.2, -0.15) is 0 Å². The zero-order chi connectivity index (χ0) is 15.5. The number of benzene rings is 1. The van der Waals surface area contributed by atoms with Crippen LogP contribution in [0.5, 0.6) is 0 Å². The smallest absolute Gasteiger partial charge is 0.184 e. The molecule has 0 radical (unpaired) electrons. The minimum absolute atomic E-state index is 0.254. The number of aliphatic hydroxyl groups excluding tert-OH is 1. The quantitative estimate of drug-likeness (QED) is 0.394. The molecule has 2 heterocycles. The highest BCUT2D eigenvalue weighted by Gasteiger charge is 2.49. The van der Waals surface area contributed by atoms with Crippen molar-refractivity contribution in [3.8, 4) is 0 Å². The number of hydrogen-bond donors (Lipinski definition) is 1. The number of ether oxygens (including phenoxy) is 4. The van der Waals surface area contributed by atoms with E-state index in [0.29, 0.717) is 0 Å². The van der Waals surface area contributed by atoms with E-state index in [2.05, 4.69) is 10.0 Å². The molecule has 3 rings (SSSR count). The van der Waals surface area contributed by atoms with Crippen LogP contribution in [0.15, 0.2) is 35.4 Å². The monoisotopic (exact) mass is 309 g/mol. The lowest BCUT2D eigenvalue weighted by atomic mass is 9.97. The van der Waals surface area contributed by atoms with Crippen LogP contribution in [0.4, 0.5) is 0 Å². The van der Waals surface area contributed by atoms with E-state index in [1.807, 2.05) is 30.3 Å². The van der Waals surface area contributed by atoms with E-state index in [1.165, 1.54) is 7.11 Å². The molecule has 118 valence electrons. The molecule has 6 atom stereocenters. The molecule has 2 fully saturated rings. The molecule has 1 N–H and O–H groups in total. The summed E-state index contributed by atoms with van der Waals surface area (Å²) in [6.45, 7) is 0.254. The van der Waals surface area contributed by atoms with Crippen molar-refractivity contribution < 1.29 is 24.1 Å². The summed E-state index contributed by atoms with van der Waals surface area (Å²) >= 11 is 0. The lowest BCUT2D eigenvalue weighted by Crippen LogP contribution is -2.61. The van der Waals surface area contributed by atoms with Gasteiger partial charge in [0, 0.05) is 17.6 Å². The molecule has 22 heavy (non-hydrogen) atoms. The van der Waals surface area contributed by atoms with Gasteiger partial charge in [-0.1, -0.05) is 35.4 Å². The van der Waals surface area contributed by atoms with Gasteiger partial charge in [0.1, 0.15) is 18.2 Å². The van der Waals surface area contributed by atoms with Crippen LogP contribution in [0, 0.1) is 0 Å². The summed E-state index contributed by atoms with van der Waals surface area (Å²) in [4.78, 5) is 2.74. The Morgan fingerprint density at radius 2 is 2.09 bits per heavy atom. The van der Waals surface area contributed by atoms with E-state index in [4.69, 9.17) is 24.5 Å². The maximum atomic E-state index is 10.5. The lowest BCUT2D eigenvalue weighted by molar-refractivity contribution is -0.338. The Labute approximate surface area is 127 Å². The van der Waals surface area contributed by atoms with E-state index in [9.17, 15) is 5.11 Å². The van der Waals surface area contributed by atoms with Crippen LogP contribution in [0.2, 0.25) is 0 Å². The molecule has 1 aromatic carbocycles. The topological polar surface area (TPSA) is 106 Å². The molecule has 0 amide bonds. The Hall–Kier alpha value is -1.67. The second-order valence-electron chi connectivity index (χ2n) is 5.14. The summed E-state index contributed by atoms with van der Waals surface area (Å²) in [5.41, 5.74) is 9.50. The molecule has 0 aromatic heterocycles. The summed E-state index contributed by atoms with van der Waals surface area (Å²) in [5, 5.41) is 14.0. The average Bonchev–Trinajstić information content (AvgIpc) is 2.58. The molecule has 2 saturated heterocycles. The van der Waals surface area contributed by atoms with Gasteiger partial charge in [-0.25, -0.2) is 0 Å². The van der Waals surface area contributed by atoms with Gasteiger partial charge in [0.2, 0.25) is 0 Å². The molecule has 0 aliphatic carbocycles. The van der Waals surface area contributed by atoms with Gasteiger partial charge in [-0.15, -0.1) is 0 Å². The van der Waals surface area contributed by atoms with Crippen molar-refractivity contribution in [3.63, 3.8) is 0 Å². The fourth-order valence-electron chi connectivity index (χ4n) is 2.73. The van der Waals surface area contributed by atoms with Gasteiger partial charge in [0.15, 0.2) is 12.6 Å². The van der Waals surface area contributed by atoms with Gasteiger partial charge in [0.25, 0.3) is 0 Å². The third kappa shape index (κ3) is 2.80. The highest BCUT2D eigenvalue weighted by molar-refractivity contribution is 5.16. The van der Waals surface area contributed by atoms with E-state index in [-0.39, 0.29) is 6.61 Å². The zero-order valence-electron chi connectivity index (χ0n) is 12.0. The number of rotatable bonds is 3. The first-order valence-electron chi connectivity index (χ1n) is 6.97. The highest BCUT2D eigenvalue weighted by atomic mass is 18.2. The summed E-state index contributed by atoms with van der Waals surface area (Å²) in [5.74, 6) is 0. The fourth-order valence-corrected chi connectivity index (χ4v) is 2.73. The van der Waals surface area contributed by atoms with Gasteiger partial charge >= 0.3 is 0 Å². The molecule has 1 aromatic rings. The number of hydrogen-bond acceptors (Lipinski definition) is 6. The Morgan fingerprint density at radius 3 is 2.77 bits per heavy atom. The molecule has 0 saturated carbocycles. The van der Waals surface area contributed by atoms with Crippen molar-refractivity contribution in [1.29, 1.82) is 0 Å². The number of fused-ring (bicyclic) bond motifs is 1. The van der Waals surface area contributed by atoms with Gasteiger partial charge in [-0.3, -0.25) is 0 Å². The molecule has 0 bridgehead atoms. The normalized spacial score (nSPS) is 37.9. The summed E-state index contributed by atoms with van der Waals surface area (Å²) in [6, 6.07) is 8.55. The summed E-state index contributed by atoms with van der Waals surface area (Å²) in [7, 11) is 1.43. The third-order valence-corrected chi connectivity index (χ3v) is 3.82. The Morgan fingerprint density at radius 1 is 1.32 bits per heavy atom. The predicted molar refractivity (Wildman–Crippen MR) is 74.6 cm³/mol. The van der Waals surface area contributed by atoms with Gasteiger partial charge < -0.3 is 24.1 Å². The van der Waals surface area contributed by atoms with E-state index < -0.39 is 36.9 Å². The lowest BCUT2D eigenvalue weighted by Gasteiger charge is -2.46. The van der Waals surface area contributed by atoms with Gasteiger partial charge in [-0.05, 0) is 5.53 Å². The van der Waals surface area contributed by atoms with Crippen LogP contribution in [-0.2, 0) is 18.9 Å². The first-order chi connectivity index (χ1) is 10.7. The van der Waals surface area contributed by atoms with Crippen molar-refractivity contribution in [1.82, 2.24) is 0 Å². The first-order valence-corrected chi connectivity index (χ1v) is 6.97. The number of nitrogens with zero attached hydrogens (tertiary/aromatic N) is 3. The molecular weight excluding hydrogens is 292 g/mol. The van der Waals surface area contributed by atoms with Crippen LogP contribution in [0.1, 0.15) is 11.9 Å². The highest BCUT2D eigenvalue weighted by Crippen LogP contribution is 2.35. The SMILES string of the molecule is CO[C@H]1O[C@@H]2CO[C@@H](c3ccccc3)O[C@H]2[C@H]([18OH])[C@@H]1N=[N+]=[N-]. The maximum absolute atomic E-state index is 10.5. The Bertz CT molecular complexity index is 551. The Balaban J connectivity index is 1.79. The van der Waals surface area contributed by atoms with Crippen molar-refractivity contribution in [3.05, 3.63) is 46.3 Å². The van der Waals surface area contributed by atoms with Crippen LogP contribution in [0.3, 0.4) is 0 Å². The standard InChI is InChI=1S/C14H17N3O5/c1-19-14-10(16-17-15)11(18)12-9(21-14)7-20-13(22-12)8-5-3-2-4-6-8/h2-6,9-14,18H,7H2,1H3/t9-,10+,11-,12-,13-,14+/m1/s1/i18+2. The summed E-state index contributed by atoms with van der Waals surface area (Å²) in [6.07, 6.45) is -3.58. The van der Waals surface area contributed by atoms with Crippen molar-refractivity contribution >= 4 is 0 Å². The zero-order valence-corrected chi connectivity index (χ0v) is 12.0. The van der Waals surface area contributed by atoms with Crippen molar-refractivity contribution in [2.24, 2.45) is 5.11 Å². The molecular formula is C14H17N3O5. The van der Waals surface area contributed by atoms with Crippen LogP contribution in [0.25, 0.3) is 10.4 Å². The number of azide groups is 1. The van der Waals surface area contributed by atoms with E-state index in [1.54, 1.807) is 0 Å². The third-order valence-electron chi connectivity index (χ3n) is 3.82. The summed E-state index contributed by atoms with van der Waals surface area (Å²) < 4.78 is 22.3. The molecule has 0 unspecified atom stereocenters. The number of methoxy groups -OCH3 is 1. The van der Waals surface area contributed by atoms with Crippen molar-refractivity contribution in [2.45, 2.75) is 36.9 Å². The molecule has 2 aliphatic rings. The van der Waals surface area contributed by atoms with Crippen molar-refractivity contribution in [2.75, 3.05) is 13.7 Å². The van der Waals surface area contributed by atoms with E-state index >= 15 is 0 Å². The largest absolute Gasteiger partial charge is 0.390 e. The molecule has 0 spiro atoms. The minimum Gasteiger partial charge on any atom is -0.390 e.